The second-order valence-corrected chi connectivity index (χ2v) is 19.4. The first kappa shape index (κ1) is 50.0. The number of amides is 1. The van der Waals surface area contributed by atoms with Crippen LogP contribution in [0.5, 0.6) is 5.75 Å². The zero-order valence-electron chi connectivity index (χ0n) is 39.8. The lowest BCUT2D eigenvalue weighted by atomic mass is 9.71. The number of fused-ring (bicyclic) bond motifs is 1. The van der Waals surface area contributed by atoms with E-state index in [-0.39, 0.29) is 55.0 Å². The Morgan fingerprint density at radius 3 is 2.37 bits per heavy atom. The summed E-state index contributed by atoms with van der Waals surface area (Å²) in [5, 5.41) is 13.8. The predicted molar refractivity (Wildman–Crippen MR) is 240 cm³/mol. The minimum absolute atomic E-state index is 0.0147. The lowest BCUT2D eigenvalue weighted by Gasteiger charge is -2.44. The maximum atomic E-state index is 14.5. The van der Waals surface area contributed by atoms with Crippen molar-refractivity contribution in [2.75, 3.05) is 27.8 Å². The van der Waals surface area contributed by atoms with Gasteiger partial charge in [-0.25, -0.2) is 9.78 Å². The Labute approximate surface area is 374 Å². The van der Waals surface area contributed by atoms with E-state index in [1.807, 2.05) is 53.9 Å². The van der Waals surface area contributed by atoms with Crippen molar-refractivity contribution in [2.45, 2.75) is 162 Å². The van der Waals surface area contributed by atoms with Crippen molar-refractivity contribution < 1.29 is 48.0 Å². The number of nitrogens with one attached hydrogen (secondary N) is 1. The minimum atomic E-state index is -1.51. The lowest BCUT2D eigenvalue weighted by Crippen LogP contribution is -2.56. The average Bonchev–Trinajstić information content (AvgIpc) is 3.23. The number of allylic oxidation sites excluding steroid dienone is 1. The molecule has 3 aliphatic rings. The third-order valence-electron chi connectivity index (χ3n) is 14.4. The van der Waals surface area contributed by atoms with Crippen LogP contribution in [0, 0.1) is 42.4 Å². The monoisotopic (exact) mass is 879 g/mol. The highest BCUT2D eigenvalue weighted by molar-refractivity contribution is 5.99. The molecule has 1 amide bonds. The van der Waals surface area contributed by atoms with Crippen molar-refractivity contribution >= 4 is 34.7 Å². The Hall–Kier alpha value is -3.98. The van der Waals surface area contributed by atoms with Gasteiger partial charge < -0.3 is 39.0 Å². The first-order valence-electron chi connectivity index (χ1n) is 23.0. The van der Waals surface area contributed by atoms with Crippen molar-refractivity contribution in [3.8, 4) is 5.75 Å². The number of pyridine rings is 2. The Balaban J connectivity index is 1.30. The van der Waals surface area contributed by atoms with Gasteiger partial charge in [0, 0.05) is 61.0 Å². The van der Waals surface area contributed by atoms with E-state index in [0.29, 0.717) is 30.0 Å². The number of aromatic hydroxyl groups is 1. The topological polar surface area (TPSA) is 176 Å². The number of aromatic nitrogens is 2. The van der Waals surface area contributed by atoms with E-state index in [4.69, 9.17) is 23.7 Å². The number of esters is 1. The molecule has 2 aromatic rings. The summed E-state index contributed by atoms with van der Waals surface area (Å²) in [4.78, 5) is 67.5. The van der Waals surface area contributed by atoms with Crippen LogP contribution in [-0.2, 0) is 44.5 Å². The fourth-order valence-corrected chi connectivity index (χ4v) is 10.1. The van der Waals surface area contributed by atoms with Crippen LogP contribution >= 0.6 is 0 Å². The molecule has 14 heteroatoms. The van der Waals surface area contributed by atoms with Crippen LogP contribution in [0.2, 0.25) is 0 Å². The van der Waals surface area contributed by atoms with Gasteiger partial charge >= 0.3 is 12.1 Å². The fourth-order valence-electron chi connectivity index (χ4n) is 10.1. The Morgan fingerprint density at radius 1 is 1.03 bits per heavy atom. The molecule has 5 rings (SSSR count). The number of cyclic esters (lactones) is 1. The molecule has 2 saturated heterocycles. The van der Waals surface area contributed by atoms with Gasteiger partial charge in [0.1, 0.15) is 23.2 Å². The molecule has 2 aromatic heterocycles. The molecule has 63 heavy (non-hydrogen) atoms. The van der Waals surface area contributed by atoms with E-state index < -0.39 is 65.2 Å². The van der Waals surface area contributed by atoms with Gasteiger partial charge in [-0.05, 0) is 124 Å². The van der Waals surface area contributed by atoms with Crippen LogP contribution in [0.15, 0.2) is 30.5 Å². The zero-order valence-corrected chi connectivity index (χ0v) is 39.8. The van der Waals surface area contributed by atoms with Gasteiger partial charge in [0.05, 0.1) is 35.0 Å². The molecule has 0 radical (unpaired) electrons. The smallest absolute Gasteiger partial charge is 0.408 e. The number of ketones is 2. The van der Waals surface area contributed by atoms with Gasteiger partial charge in [0.15, 0.2) is 18.0 Å². The van der Waals surface area contributed by atoms with Crippen LogP contribution in [0.25, 0.3) is 11.0 Å². The maximum absolute atomic E-state index is 14.5. The molecule has 3 fully saturated rings. The normalized spacial score (nSPS) is 35.0. The summed E-state index contributed by atoms with van der Waals surface area (Å²) in [6, 6.07) is 3.87. The maximum Gasteiger partial charge on any atom is 0.408 e. The van der Waals surface area contributed by atoms with Crippen LogP contribution in [0.3, 0.4) is 0 Å². The fraction of sp³-hybridized carbons (Fsp3) is 0.714. The second kappa shape index (κ2) is 21.3. The van der Waals surface area contributed by atoms with E-state index in [2.05, 4.69) is 20.2 Å². The standard InChI is InChI=1S/C49H74N4O10/c1-13-16-40-48(9,63-47(58)52-36-22-35(23-36)17-14-18-38-42-39(19-15-20-50-42)51-34(8)45(38)56)33(7)31(5)43(54)28(2)25-49(59-12,26-29(3)44(55)32(6)46(57)62-40)27-60-41-24-37(53(10)11)21-30(4)61-41/h13,15-16,19-20,28-33,35-37,40-41,56H,14,17-18,21-27H2,1-12H3,(H,52,58)/b16-13+/t28-,29-,30-,31-,32-,33-,35?,36?,37+,40?,41-,48+,49-/m1/s1. The number of alkyl carbamates (subject to hydrolysis) is 1. The van der Waals surface area contributed by atoms with Gasteiger partial charge in [0.25, 0.3) is 0 Å². The van der Waals surface area contributed by atoms with Crippen LogP contribution in [0.1, 0.15) is 118 Å². The first-order valence-corrected chi connectivity index (χ1v) is 23.0. The van der Waals surface area contributed by atoms with Crippen LogP contribution in [-0.4, -0.2) is 113 Å². The molecule has 1 aliphatic carbocycles. The van der Waals surface area contributed by atoms with Crippen LogP contribution in [0.4, 0.5) is 4.79 Å². The summed E-state index contributed by atoms with van der Waals surface area (Å²) in [7, 11) is 5.65. The van der Waals surface area contributed by atoms with Crippen molar-refractivity contribution in [3.63, 3.8) is 0 Å². The quantitative estimate of drug-likeness (QED) is 0.121. The molecule has 14 nitrogen and oxygen atoms in total. The third kappa shape index (κ3) is 11.8. The molecule has 1 saturated carbocycles. The number of ether oxygens (including phenoxy) is 5. The van der Waals surface area contributed by atoms with E-state index in [1.165, 1.54) is 0 Å². The van der Waals surface area contributed by atoms with Crippen LogP contribution < -0.4 is 5.32 Å². The number of aryl methyl sites for hydroxylation is 2. The van der Waals surface area contributed by atoms with Crippen molar-refractivity contribution in [2.24, 2.45) is 35.5 Å². The SMILES string of the molecule is C/C=C/C1OC(=O)[C@H](C)C(=O)[C@H](C)C[C@](CO[C@H]2C[C@@H](N(C)C)C[C@@H](C)O2)(OC)C[C@@H](C)C(=O)[C@H](C)[C@@H](C)[C@]1(C)OC(=O)NC1CC(CCCc2c(O)c(C)nc3cccnc23)C1. The van der Waals surface area contributed by atoms with Crippen molar-refractivity contribution in [1.82, 2.24) is 20.2 Å². The molecule has 11 atom stereocenters. The molecule has 4 heterocycles. The number of nitrogens with zero attached hydrogens (tertiary/aromatic N) is 3. The number of carbonyl (C=O) groups is 4. The molecule has 0 aromatic carbocycles. The summed E-state index contributed by atoms with van der Waals surface area (Å²) in [6.07, 6.45) is 8.70. The Bertz CT molecular complexity index is 1950. The summed E-state index contributed by atoms with van der Waals surface area (Å²) >= 11 is 0. The Morgan fingerprint density at radius 2 is 1.71 bits per heavy atom. The number of Topliss-reactive ketones (excluding diaryl/α,β-unsaturated/α-hetero) is 2. The number of hydrogen-bond acceptors (Lipinski definition) is 13. The summed E-state index contributed by atoms with van der Waals surface area (Å²) in [5.74, 6) is -4.20. The Kier molecular flexibility index (Phi) is 16.9. The molecule has 1 unspecified atom stereocenters. The minimum Gasteiger partial charge on any atom is -0.506 e. The number of methoxy groups -OCH3 is 1. The van der Waals surface area contributed by atoms with Gasteiger partial charge in [-0.1, -0.05) is 33.8 Å². The van der Waals surface area contributed by atoms with E-state index in [1.54, 1.807) is 60.1 Å². The van der Waals surface area contributed by atoms with E-state index in [0.717, 1.165) is 43.2 Å². The highest BCUT2D eigenvalue weighted by Crippen LogP contribution is 2.40. The van der Waals surface area contributed by atoms with Crippen molar-refractivity contribution in [1.29, 1.82) is 0 Å². The van der Waals surface area contributed by atoms with Gasteiger partial charge in [0.2, 0.25) is 0 Å². The molecule has 0 bridgehead atoms. The number of carbonyl (C=O) groups excluding carboxylic acids is 4. The molecular formula is C49H74N4O10. The second-order valence-electron chi connectivity index (χ2n) is 19.4. The van der Waals surface area contributed by atoms with Gasteiger partial charge in [-0.3, -0.25) is 19.4 Å². The summed E-state index contributed by atoms with van der Waals surface area (Å²) in [6.45, 7) is 16.2. The third-order valence-corrected chi connectivity index (χ3v) is 14.4. The number of hydrogen-bond donors (Lipinski definition) is 2. The van der Waals surface area contributed by atoms with Crippen molar-refractivity contribution in [3.05, 3.63) is 41.7 Å². The summed E-state index contributed by atoms with van der Waals surface area (Å²) < 4.78 is 31.3. The molecule has 0 spiro atoms. The molecule has 2 aliphatic heterocycles. The van der Waals surface area contributed by atoms with E-state index >= 15 is 0 Å². The lowest BCUT2D eigenvalue weighted by molar-refractivity contribution is -0.228. The van der Waals surface area contributed by atoms with E-state index in [9.17, 15) is 24.3 Å². The molecular weight excluding hydrogens is 805 g/mol. The molecule has 2 N–H and O–H groups in total. The highest BCUT2D eigenvalue weighted by atomic mass is 16.7. The predicted octanol–water partition coefficient (Wildman–Crippen LogP) is 7.69. The zero-order chi connectivity index (χ0) is 46.4. The summed E-state index contributed by atoms with van der Waals surface area (Å²) in [5.41, 5.74) is 0.290. The van der Waals surface area contributed by atoms with Gasteiger partial charge in [-0.2, -0.15) is 0 Å². The largest absolute Gasteiger partial charge is 0.506 e. The number of rotatable bonds is 12. The first-order chi connectivity index (χ1) is 29.7. The average molecular weight is 879 g/mol. The van der Waals surface area contributed by atoms with Gasteiger partial charge in [-0.15, -0.1) is 0 Å². The highest BCUT2D eigenvalue weighted by Gasteiger charge is 2.51. The molecule has 350 valence electrons.